The number of methoxy groups -OCH3 is 1. The predicted molar refractivity (Wildman–Crippen MR) is 48.4 cm³/mol. The number of pyridine rings is 1. The number of hydrogen-bond donors (Lipinski definition) is 0. The fourth-order valence-electron chi connectivity index (χ4n) is 0.976. The molecule has 2 nitrogen and oxygen atoms in total. The Bertz CT molecular complexity index is 393. The average Bonchev–Trinajstić information content (AvgIpc) is 2.15. The van der Waals surface area contributed by atoms with Gasteiger partial charge >= 0.3 is 6.18 Å². The molecule has 0 aliphatic heterocycles. The van der Waals surface area contributed by atoms with Crippen molar-refractivity contribution in [2.24, 2.45) is 0 Å². The van der Waals surface area contributed by atoms with E-state index in [-0.39, 0.29) is 0 Å². The summed E-state index contributed by atoms with van der Waals surface area (Å²) in [6, 6.07) is 0.754. The number of alkyl halides is 5. The first-order valence-corrected chi connectivity index (χ1v) is 4.66. The molecule has 0 N–H and O–H groups in total. The maximum absolute atomic E-state index is 12.4. The molecule has 0 aromatic carbocycles. The van der Waals surface area contributed by atoms with E-state index in [2.05, 4.69) is 25.7 Å². The minimum Gasteiger partial charge on any atom is -0.481 e. The van der Waals surface area contributed by atoms with Crippen LogP contribution in [0.2, 0.25) is 0 Å². The summed E-state index contributed by atoms with van der Waals surface area (Å²) in [5.74, 6) is -0.508. The predicted octanol–water partition coefficient (Wildman–Crippen LogP) is 3.81. The molecule has 1 rings (SSSR count). The van der Waals surface area contributed by atoms with E-state index in [9.17, 15) is 22.0 Å². The Morgan fingerprint density at radius 1 is 1.38 bits per heavy atom. The number of hydrogen-bond acceptors (Lipinski definition) is 2. The van der Waals surface area contributed by atoms with E-state index in [0.29, 0.717) is 0 Å². The number of aromatic nitrogens is 1. The Morgan fingerprint density at radius 2 is 1.94 bits per heavy atom. The van der Waals surface area contributed by atoms with Gasteiger partial charge in [0.1, 0.15) is 0 Å². The van der Waals surface area contributed by atoms with Crippen LogP contribution in [0.5, 0.6) is 5.88 Å². The molecule has 0 aliphatic carbocycles. The number of halogens is 6. The van der Waals surface area contributed by atoms with Gasteiger partial charge in [0, 0.05) is 11.6 Å². The van der Waals surface area contributed by atoms with Gasteiger partial charge in [-0.25, -0.2) is 13.8 Å². The quantitative estimate of drug-likeness (QED) is 0.775. The maximum atomic E-state index is 12.4. The number of rotatable bonds is 2. The molecule has 0 bridgehead atoms. The van der Waals surface area contributed by atoms with Crippen molar-refractivity contribution in [1.82, 2.24) is 4.98 Å². The molecular weight excluding hydrogens is 301 g/mol. The van der Waals surface area contributed by atoms with E-state index in [1.54, 1.807) is 0 Å². The first kappa shape index (κ1) is 13.1. The van der Waals surface area contributed by atoms with Crippen molar-refractivity contribution in [2.75, 3.05) is 7.11 Å². The highest BCUT2D eigenvalue weighted by atomic mass is 79.9. The molecular formula is C8H5BrF5NO. The van der Waals surface area contributed by atoms with Crippen LogP contribution >= 0.6 is 15.9 Å². The number of ether oxygens (including phenoxy) is 1. The van der Waals surface area contributed by atoms with Gasteiger partial charge in [-0.2, -0.15) is 13.2 Å². The van der Waals surface area contributed by atoms with Crippen LogP contribution in [0.15, 0.2) is 10.5 Å². The standard InChI is InChI=1S/C8H5BrF5NO/c1-16-4-2-3(7(10)11)5(9)6(15-4)8(12,13)14/h2,7H,1H3. The molecule has 0 fully saturated rings. The third-order valence-electron chi connectivity index (χ3n) is 1.68. The zero-order valence-electron chi connectivity index (χ0n) is 7.78. The molecule has 1 aromatic heterocycles. The smallest absolute Gasteiger partial charge is 0.434 e. The average molecular weight is 306 g/mol. The Hall–Kier alpha value is -0.920. The highest BCUT2D eigenvalue weighted by Crippen LogP contribution is 2.39. The second-order valence-corrected chi connectivity index (χ2v) is 3.51. The minimum absolute atomic E-state index is 0.508. The van der Waals surface area contributed by atoms with Crippen LogP contribution in [0, 0.1) is 0 Å². The molecule has 8 heteroatoms. The summed E-state index contributed by atoms with van der Waals surface area (Å²) in [5, 5.41) is 0. The first-order valence-electron chi connectivity index (χ1n) is 3.87. The molecule has 0 saturated carbocycles. The summed E-state index contributed by atoms with van der Waals surface area (Å²) in [7, 11) is 1.05. The second kappa shape index (κ2) is 4.52. The van der Waals surface area contributed by atoms with Crippen molar-refractivity contribution in [3.05, 3.63) is 21.8 Å². The topological polar surface area (TPSA) is 22.1 Å². The van der Waals surface area contributed by atoms with E-state index in [1.807, 2.05) is 0 Å². The van der Waals surface area contributed by atoms with Crippen molar-refractivity contribution < 1.29 is 26.7 Å². The van der Waals surface area contributed by atoms with Crippen molar-refractivity contribution in [1.29, 1.82) is 0 Å². The molecule has 0 amide bonds. The van der Waals surface area contributed by atoms with Gasteiger partial charge in [-0.1, -0.05) is 0 Å². The highest BCUT2D eigenvalue weighted by Gasteiger charge is 2.37. The summed E-state index contributed by atoms with van der Waals surface area (Å²) in [6.45, 7) is 0. The fourth-order valence-corrected chi connectivity index (χ4v) is 1.58. The van der Waals surface area contributed by atoms with Crippen LogP contribution in [0.25, 0.3) is 0 Å². The molecule has 0 spiro atoms. The lowest BCUT2D eigenvalue weighted by molar-refractivity contribution is -0.142. The van der Waals surface area contributed by atoms with Crippen LogP contribution in [-0.4, -0.2) is 12.1 Å². The largest absolute Gasteiger partial charge is 0.481 e. The molecule has 16 heavy (non-hydrogen) atoms. The molecule has 1 aromatic rings. The van der Waals surface area contributed by atoms with Crippen LogP contribution in [-0.2, 0) is 6.18 Å². The van der Waals surface area contributed by atoms with Gasteiger partial charge in [-0.15, -0.1) is 0 Å². The van der Waals surface area contributed by atoms with Gasteiger partial charge in [0.15, 0.2) is 5.69 Å². The van der Waals surface area contributed by atoms with E-state index in [1.165, 1.54) is 0 Å². The summed E-state index contributed by atoms with van der Waals surface area (Å²) in [5.41, 5.74) is -2.23. The van der Waals surface area contributed by atoms with Crippen molar-refractivity contribution in [2.45, 2.75) is 12.6 Å². The van der Waals surface area contributed by atoms with E-state index in [0.717, 1.165) is 13.2 Å². The Morgan fingerprint density at radius 3 is 2.31 bits per heavy atom. The van der Waals surface area contributed by atoms with Gasteiger partial charge in [0.2, 0.25) is 5.88 Å². The monoisotopic (exact) mass is 305 g/mol. The van der Waals surface area contributed by atoms with Crippen molar-refractivity contribution in [3.63, 3.8) is 0 Å². The van der Waals surface area contributed by atoms with Gasteiger partial charge in [0.25, 0.3) is 6.43 Å². The van der Waals surface area contributed by atoms with Crippen molar-refractivity contribution in [3.8, 4) is 5.88 Å². The Labute approximate surface area is 95.6 Å². The van der Waals surface area contributed by atoms with E-state index >= 15 is 0 Å². The lowest BCUT2D eigenvalue weighted by Gasteiger charge is -2.13. The molecule has 0 aliphatic rings. The fraction of sp³-hybridized carbons (Fsp3) is 0.375. The van der Waals surface area contributed by atoms with E-state index in [4.69, 9.17) is 0 Å². The second-order valence-electron chi connectivity index (χ2n) is 2.71. The highest BCUT2D eigenvalue weighted by molar-refractivity contribution is 9.10. The van der Waals surface area contributed by atoms with Crippen LogP contribution in [0.3, 0.4) is 0 Å². The summed E-state index contributed by atoms with van der Waals surface area (Å²) >= 11 is 2.46. The van der Waals surface area contributed by atoms with Crippen LogP contribution < -0.4 is 4.74 Å². The summed E-state index contributed by atoms with van der Waals surface area (Å²) < 4.78 is 65.8. The summed E-state index contributed by atoms with van der Waals surface area (Å²) in [4.78, 5) is 3.08. The zero-order valence-corrected chi connectivity index (χ0v) is 9.36. The van der Waals surface area contributed by atoms with Crippen LogP contribution in [0.1, 0.15) is 17.7 Å². The third kappa shape index (κ3) is 2.60. The van der Waals surface area contributed by atoms with E-state index < -0.39 is 34.2 Å². The maximum Gasteiger partial charge on any atom is 0.434 e. The lowest BCUT2D eigenvalue weighted by Crippen LogP contribution is -2.11. The SMILES string of the molecule is COc1cc(C(F)F)c(Br)c(C(F)(F)F)n1. The Kier molecular flexibility index (Phi) is 3.72. The van der Waals surface area contributed by atoms with Crippen molar-refractivity contribution >= 4 is 15.9 Å². The van der Waals surface area contributed by atoms with Gasteiger partial charge in [-0.05, 0) is 15.9 Å². The third-order valence-corrected chi connectivity index (χ3v) is 2.51. The minimum atomic E-state index is -4.82. The van der Waals surface area contributed by atoms with Crippen LogP contribution in [0.4, 0.5) is 22.0 Å². The van der Waals surface area contributed by atoms with Gasteiger partial charge < -0.3 is 4.74 Å². The zero-order chi connectivity index (χ0) is 12.5. The Balaban J connectivity index is 3.44. The lowest BCUT2D eigenvalue weighted by atomic mass is 10.2. The molecule has 0 saturated heterocycles. The van der Waals surface area contributed by atoms with Gasteiger partial charge in [0.05, 0.1) is 11.6 Å². The normalized spacial score (nSPS) is 12.0. The molecule has 0 unspecified atom stereocenters. The number of nitrogens with zero attached hydrogens (tertiary/aromatic N) is 1. The summed E-state index contributed by atoms with van der Waals surface area (Å²) in [6.07, 6.45) is -7.87. The first-order chi connectivity index (χ1) is 7.27. The molecule has 1 heterocycles. The molecule has 90 valence electrons. The van der Waals surface area contributed by atoms with Gasteiger partial charge in [-0.3, -0.25) is 0 Å². The molecule has 0 atom stereocenters. The molecule has 0 radical (unpaired) electrons.